The van der Waals surface area contributed by atoms with Crippen LogP contribution in [0, 0.1) is 0 Å². The number of carbonyl (C=O) groups is 2. The van der Waals surface area contributed by atoms with E-state index >= 15 is 0 Å². The molecule has 0 unspecified atom stereocenters. The molecule has 0 bridgehead atoms. The van der Waals surface area contributed by atoms with Gasteiger partial charge in [0.2, 0.25) is 0 Å². The third kappa shape index (κ3) is 4.79. The zero-order valence-corrected chi connectivity index (χ0v) is 16.4. The molecule has 1 fully saturated rings. The molecular weight excluding hydrogens is 424 g/mol. The van der Waals surface area contributed by atoms with Crippen molar-refractivity contribution in [3.05, 3.63) is 59.7 Å². The van der Waals surface area contributed by atoms with Gasteiger partial charge in [-0.15, -0.1) is 0 Å². The van der Waals surface area contributed by atoms with E-state index in [4.69, 9.17) is 9.11 Å². The number of hydrazine groups is 1. The number of hydrogen-bond acceptors (Lipinski definition) is 6. The number of carbonyl (C=O) groups excluding carboxylic acids is 2. The van der Waals surface area contributed by atoms with E-state index in [1.54, 1.807) is 0 Å². The normalized spacial score (nSPS) is 15.2. The Labute approximate surface area is 166 Å². The van der Waals surface area contributed by atoms with Crippen LogP contribution < -0.4 is 0 Å². The van der Waals surface area contributed by atoms with E-state index in [2.05, 4.69) is 0 Å². The minimum Gasteiger partial charge on any atom is -0.282 e. The van der Waals surface area contributed by atoms with E-state index in [1.807, 2.05) is 0 Å². The molecular formula is C17H16N2O8S2. The first-order valence-electron chi connectivity index (χ1n) is 8.18. The van der Waals surface area contributed by atoms with Crippen molar-refractivity contribution in [2.24, 2.45) is 0 Å². The van der Waals surface area contributed by atoms with Crippen molar-refractivity contribution in [3.8, 4) is 0 Å². The zero-order chi connectivity index (χ0) is 21.4. The summed E-state index contributed by atoms with van der Waals surface area (Å²) in [6.07, 6.45) is -0.327. The second-order valence-corrected chi connectivity index (χ2v) is 9.16. The first-order valence-corrected chi connectivity index (χ1v) is 11.1. The largest absolute Gasteiger partial charge is 0.294 e. The first-order chi connectivity index (χ1) is 13.4. The second-order valence-electron chi connectivity index (χ2n) is 6.32. The van der Waals surface area contributed by atoms with Gasteiger partial charge in [0, 0.05) is 0 Å². The molecule has 2 N–H and O–H groups in total. The molecule has 3 rings (SSSR count). The Hall–Kier alpha value is -2.80. The van der Waals surface area contributed by atoms with Crippen LogP contribution >= 0.6 is 0 Å². The minimum atomic E-state index is -4.34. The van der Waals surface area contributed by atoms with Crippen molar-refractivity contribution >= 4 is 32.1 Å². The highest BCUT2D eigenvalue weighted by atomic mass is 32.2. The molecule has 10 nitrogen and oxygen atoms in total. The third-order valence-electron chi connectivity index (χ3n) is 4.28. The van der Waals surface area contributed by atoms with Crippen molar-refractivity contribution in [3.63, 3.8) is 0 Å². The summed E-state index contributed by atoms with van der Waals surface area (Å²) in [5, 5.41) is 2.42. The molecule has 29 heavy (non-hydrogen) atoms. The molecule has 1 aliphatic heterocycles. The summed E-state index contributed by atoms with van der Waals surface area (Å²) in [7, 11) is -8.68. The van der Waals surface area contributed by atoms with E-state index < -0.39 is 32.1 Å². The van der Waals surface area contributed by atoms with Gasteiger partial charge in [-0.25, -0.2) is 10.0 Å². The summed E-state index contributed by atoms with van der Waals surface area (Å²) >= 11 is 0. The smallest absolute Gasteiger partial charge is 0.282 e. The Kier molecular flexibility index (Phi) is 5.45. The number of rotatable bonds is 6. The van der Waals surface area contributed by atoms with Gasteiger partial charge >= 0.3 is 0 Å². The van der Waals surface area contributed by atoms with Gasteiger partial charge in [-0.1, -0.05) is 24.3 Å². The molecule has 2 aromatic carbocycles. The van der Waals surface area contributed by atoms with Crippen LogP contribution in [-0.2, 0) is 42.9 Å². The minimum absolute atomic E-state index is 0.000563. The van der Waals surface area contributed by atoms with Gasteiger partial charge in [0.1, 0.15) is 6.42 Å². The van der Waals surface area contributed by atoms with Gasteiger partial charge < -0.3 is 0 Å². The van der Waals surface area contributed by atoms with Crippen LogP contribution in [0.25, 0.3) is 0 Å². The summed E-state index contributed by atoms with van der Waals surface area (Å²) in [6, 6.07) is 10.4. The number of amides is 2. The van der Waals surface area contributed by atoms with Crippen LogP contribution in [0.1, 0.15) is 17.5 Å². The van der Waals surface area contributed by atoms with E-state index in [-0.39, 0.29) is 29.3 Å². The number of benzene rings is 2. The summed E-state index contributed by atoms with van der Waals surface area (Å²) in [6.45, 7) is -0.00113. The van der Waals surface area contributed by atoms with Crippen LogP contribution in [0.4, 0.5) is 0 Å². The molecule has 2 amide bonds. The predicted octanol–water partition coefficient (Wildman–Crippen LogP) is 0.856. The lowest BCUT2D eigenvalue weighted by Crippen LogP contribution is -2.39. The van der Waals surface area contributed by atoms with Crippen LogP contribution in [0.15, 0.2) is 58.3 Å². The summed E-state index contributed by atoms with van der Waals surface area (Å²) < 4.78 is 62.5. The lowest BCUT2D eigenvalue weighted by Gasteiger charge is -2.28. The molecule has 0 aromatic heterocycles. The standard InChI is InChI=1S/C17H16N2O8S2/c20-16-9-17(21)19(11-13-3-7-15(8-4-13)29(25,26)27)18(16)10-12-1-5-14(6-2-12)28(22,23)24/h1-8H,9-11H2,(H,22,23,24)(H,25,26,27). The maximum Gasteiger partial charge on any atom is 0.294 e. The Morgan fingerprint density at radius 2 is 0.966 bits per heavy atom. The van der Waals surface area contributed by atoms with Crippen molar-refractivity contribution < 1.29 is 35.5 Å². The lowest BCUT2D eigenvalue weighted by atomic mass is 10.2. The predicted molar refractivity (Wildman–Crippen MR) is 98.2 cm³/mol. The maximum atomic E-state index is 12.2. The van der Waals surface area contributed by atoms with E-state index in [0.717, 1.165) is 0 Å². The molecule has 154 valence electrons. The summed E-state index contributed by atoms with van der Waals surface area (Å²) in [5.41, 5.74) is 1.07. The molecule has 1 aliphatic rings. The molecule has 12 heteroatoms. The molecule has 0 spiro atoms. The highest BCUT2D eigenvalue weighted by Crippen LogP contribution is 2.22. The Morgan fingerprint density at radius 3 is 1.24 bits per heavy atom. The van der Waals surface area contributed by atoms with Crippen LogP contribution in [0.2, 0.25) is 0 Å². The third-order valence-corrected chi connectivity index (χ3v) is 6.01. The van der Waals surface area contributed by atoms with Gasteiger partial charge in [-0.05, 0) is 35.4 Å². The Bertz CT molecular complexity index is 1060. The van der Waals surface area contributed by atoms with Crippen molar-refractivity contribution in [1.82, 2.24) is 10.0 Å². The van der Waals surface area contributed by atoms with Crippen LogP contribution in [0.3, 0.4) is 0 Å². The zero-order valence-electron chi connectivity index (χ0n) is 14.8. The fourth-order valence-electron chi connectivity index (χ4n) is 2.81. The average molecular weight is 440 g/mol. The van der Waals surface area contributed by atoms with Crippen molar-refractivity contribution in [2.75, 3.05) is 0 Å². The van der Waals surface area contributed by atoms with Gasteiger partial charge in [0.05, 0.1) is 22.9 Å². The van der Waals surface area contributed by atoms with Gasteiger partial charge in [0.25, 0.3) is 32.1 Å². The second kappa shape index (κ2) is 7.55. The topological polar surface area (TPSA) is 149 Å². The average Bonchev–Trinajstić information content (AvgIpc) is 2.88. The fourth-order valence-corrected chi connectivity index (χ4v) is 3.77. The molecule has 0 aliphatic carbocycles. The molecule has 0 saturated carbocycles. The first kappa shape index (κ1) is 20.9. The Balaban J connectivity index is 1.79. The molecule has 2 aromatic rings. The summed E-state index contributed by atoms with van der Waals surface area (Å²) in [4.78, 5) is 23.9. The Morgan fingerprint density at radius 1 is 0.655 bits per heavy atom. The van der Waals surface area contributed by atoms with E-state index in [1.165, 1.54) is 58.5 Å². The van der Waals surface area contributed by atoms with Crippen LogP contribution in [0.5, 0.6) is 0 Å². The highest BCUT2D eigenvalue weighted by molar-refractivity contribution is 7.86. The fraction of sp³-hybridized carbons (Fsp3) is 0.176. The van der Waals surface area contributed by atoms with Crippen molar-refractivity contribution in [1.29, 1.82) is 0 Å². The van der Waals surface area contributed by atoms with Crippen molar-refractivity contribution in [2.45, 2.75) is 29.3 Å². The molecule has 0 radical (unpaired) electrons. The number of nitrogens with zero attached hydrogens (tertiary/aromatic N) is 2. The van der Waals surface area contributed by atoms with Gasteiger partial charge in [-0.2, -0.15) is 16.8 Å². The molecule has 1 saturated heterocycles. The monoisotopic (exact) mass is 440 g/mol. The van der Waals surface area contributed by atoms with Gasteiger partial charge in [-0.3, -0.25) is 18.7 Å². The molecule has 1 heterocycles. The highest BCUT2D eigenvalue weighted by Gasteiger charge is 2.35. The van der Waals surface area contributed by atoms with Gasteiger partial charge in [0.15, 0.2) is 0 Å². The SMILES string of the molecule is O=C1CC(=O)N(Cc2ccc(S(=O)(=O)O)cc2)N1Cc1ccc(S(=O)(=O)O)cc1. The van der Waals surface area contributed by atoms with E-state index in [9.17, 15) is 26.4 Å². The number of hydrogen-bond donors (Lipinski definition) is 2. The lowest BCUT2D eigenvalue weighted by molar-refractivity contribution is -0.149. The maximum absolute atomic E-state index is 12.2. The molecule has 0 atom stereocenters. The quantitative estimate of drug-likeness (QED) is 0.496. The van der Waals surface area contributed by atoms with Crippen LogP contribution in [-0.4, -0.2) is 47.8 Å². The van der Waals surface area contributed by atoms with E-state index in [0.29, 0.717) is 11.1 Å². The summed E-state index contributed by atoms with van der Waals surface area (Å²) in [5.74, 6) is -0.883.